The van der Waals surface area contributed by atoms with Crippen LogP contribution in [0.5, 0.6) is 0 Å². The molecule has 22 heavy (non-hydrogen) atoms. The quantitative estimate of drug-likeness (QED) is 0.684. The lowest BCUT2D eigenvalue weighted by atomic mass is 9.46. The number of allylic oxidation sites excluding steroid dienone is 2. The van der Waals surface area contributed by atoms with E-state index in [9.17, 15) is 15.3 Å². The number of aliphatic hydroxyl groups excluding tert-OH is 3. The summed E-state index contributed by atoms with van der Waals surface area (Å²) in [6, 6.07) is 0. The van der Waals surface area contributed by atoms with Gasteiger partial charge in [0.2, 0.25) is 0 Å². The van der Waals surface area contributed by atoms with Gasteiger partial charge < -0.3 is 15.3 Å². The minimum Gasteiger partial charge on any atom is -0.396 e. The molecule has 0 saturated heterocycles. The van der Waals surface area contributed by atoms with E-state index in [1.54, 1.807) is 6.08 Å². The standard InChI is InChI=1S/C19H32O3/c1-5-13(2)7-8-14-15(21)11-16(22)17-18(3,12-20)9-6-10-19(14,17)4/h5,14-17,20-22H,1-2,6-12H2,3-4H3. The third kappa shape index (κ3) is 2.91. The Morgan fingerprint density at radius 3 is 2.50 bits per heavy atom. The highest BCUT2D eigenvalue weighted by molar-refractivity contribution is 5.13. The van der Waals surface area contributed by atoms with Gasteiger partial charge >= 0.3 is 0 Å². The number of rotatable bonds is 5. The lowest BCUT2D eigenvalue weighted by molar-refractivity contribution is -0.192. The van der Waals surface area contributed by atoms with Crippen LogP contribution in [0.3, 0.4) is 0 Å². The van der Waals surface area contributed by atoms with Gasteiger partial charge in [-0.3, -0.25) is 0 Å². The Hall–Kier alpha value is -0.640. The van der Waals surface area contributed by atoms with Gasteiger partial charge in [-0.05, 0) is 54.8 Å². The van der Waals surface area contributed by atoms with Crippen LogP contribution < -0.4 is 0 Å². The minimum absolute atomic E-state index is 0.0455. The zero-order valence-electron chi connectivity index (χ0n) is 14.1. The lowest BCUT2D eigenvalue weighted by Crippen LogP contribution is -2.60. The smallest absolute Gasteiger partial charge is 0.0604 e. The molecule has 3 heteroatoms. The number of hydrogen-bond donors (Lipinski definition) is 3. The summed E-state index contributed by atoms with van der Waals surface area (Å²) in [5, 5.41) is 31.2. The second-order valence-corrected chi connectivity index (χ2v) is 8.03. The summed E-state index contributed by atoms with van der Waals surface area (Å²) < 4.78 is 0. The Kier molecular flexibility index (Phi) is 5.20. The third-order valence-electron chi connectivity index (χ3n) is 6.53. The largest absolute Gasteiger partial charge is 0.396 e. The third-order valence-corrected chi connectivity index (χ3v) is 6.53. The van der Waals surface area contributed by atoms with Crippen molar-refractivity contribution >= 4 is 0 Å². The summed E-state index contributed by atoms with van der Waals surface area (Å²) in [5.41, 5.74) is 0.619. The molecule has 2 rings (SSSR count). The van der Waals surface area contributed by atoms with Crippen molar-refractivity contribution in [3.8, 4) is 0 Å². The zero-order valence-corrected chi connectivity index (χ0v) is 14.1. The van der Waals surface area contributed by atoms with Crippen molar-refractivity contribution in [3.63, 3.8) is 0 Å². The highest BCUT2D eigenvalue weighted by Gasteiger charge is 2.58. The maximum atomic E-state index is 10.6. The zero-order chi connectivity index (χ0) is 16.5. The van der Waals surface area contributed by atoms with Gasteiger partial charge in [0.15, 0.2) is 0 Å². The van der Waals surface area contributed by atoms with Crippen molar-refractivity contribution in [1.82, 2.24) is 0 Å². The molecule has 0 amide bonds. The van der Waals surface area contributed by atoms with Crippen LogP contribution in [0.2, 0.25) is 0 Å². The molecule has 0 radical (unpaired) electrons. The molecule has 0 aromatic heterocycles. The maximum absolute atomic E-state index is 10.6. The molecular formula is C19H32O3. The average molecular weight is 308 g/mol. The van der Waals surface area contributed by atoms with Gasteiger partial charge in [0, 0.05) is 6.61 Å². The molecule has 2 aliphatic carbocycles. The topological polar surface area (TPSA) is 60.7 Å². The van der Waals surface area contributed by atoms with E-state index in [1.165, 1.54) is 0 Å². The van der Waals surface area contributed by atoms with Gasteiger partial charge in [0.25, 0.3) is 0 Å². The molecule has 6 atom stereocenters. The van der Waals surface area contributed by atoms with Crippen LogP contribution in [0.1, 0.15) is 52.4 Å². The number of hydrogen-bond acceptors (Lipinski definition) is 3. The van der Waals surface area contributed by atoms with Crippen LogP contribution >= 0.6 is 0 Å². The van der Waals surface area contributed by atoms with Crippen LogP contribution in [-0.2, 0) is 0 Å². The molecule has 2 fully saturated rings. The monoisotopic (exact) mass is 308 g/mol. The highest BCUT2D eigenvalue weighted by atomic mass is 16.3. The fraction of sp³-hybridized carbons (Fsp3) is 0.789. The van der Waals surface area contributed by atoms with E-state index in [2.05, 4.69) is 27.0 Å². The van der Waals surface area contributed by atoms with Gasteiger partial charge in [0.1, 0.15) is 0 Å². The average Bonchev–Trinajstić information content (AvgIpc) is 2.45. The van der Waals surface area contributed by atoms with Crippen LogP contribution in [0.4, 0.5) is 0 Å². The van der Waals surface area contributed by atoms with Crippen molar-refractivity contribution in [2.45, 2.75) is 64.6 Å². The van der Waals surface area contributed by atoms with Gasteiger partial charge in [-0.2, -0.15) is 0 Å². The van der Waals surface area contributed by atoms with E-state index in [1.807, 2.05) is 0 Å². The first-order chi connectivity index (χ1) is 10.3. The lowest BCUT2D eigenvalue weighted by Gasteiger charge is -2.60. The van der Waals surface area contributed by atoms with Crippen LogP contribution in [0, 0.1) is 22.7 Å². The molecule has 126 valence electrons. The van der Waals surface area contributed by atoms with Gasteiger partial charge in [0.05, 0.1) is 12.2 Å². The van der Waals surface area contributed by atoms with Crippen LogP contribution in [0.25, 0.3) is 0 Å². The molecule has 0 bridgehead atoms. The predicted octanol–water partition coefficient (Wildman–Crippen LogP) is 3.06. The van der Waals surface area contributed by atoms with Gasteiger partial charge in [-0.1, -0.05) is 45.1 Å². The summed E-state index contributed by atoms with van der Waals surface area (Å²) >= 11 is 0. The number of aliphatic hydroxyl groups is 3. The predicted molar refractivity (Wildman–Crippen MR) is 89.3 cm³/mol. The summed E-state index contributed by atoms with van der Waals surface area (Å²) in [7, 11) is 0. The van der Waals surface area contributed by atoms with E-state index >= 15 is 0 Å². The first-order valence-electron chi connectivity index (χ1n) is 8.55. The van der Waals surface area contributed by atoms with E-state index < -0.39 is 12.2 Å². The molecule has 3 nitrogen and oxygen atoms in total. The van der Waals surface area contributed by atoms with Gasteiger partial charge in [-0.25, -0.2) is 0 Å². The highest BCUT2D eigenvalue weighted by Crippen LogP contribution is 2.60. The van der Waals surface area contributed by atoms with Crippen molar-refractivity contribution in [1.29, 1.82) is 0 Å². The second kappa shape index (κ2) is 6.46. The summed E-state index contributed by atoms with van der Waals surface area (Å²) in [5.74, 6) is 0.188. The molecular weight excluding hydrogens is 276 g/mol. The molecule has 3 N–H and O–H groups in total. The Morgan fingerprint density at radius 1 is 1.23 bits per heavy atom. The van der Waals surface area contributed by atoms with Crippen LogP contribution in [0.15, 0.2) is 24.8 Å². The molecule has 0 aromatic carbocycles. The molecule has 0 heterocycles. The molecule has 6 unspecified atom stereocenters. The van der Waals surface area contributed by atoms with Crippen LogP contribution in [-0.4, -0.2) is 34.1 Å². The van der Waals surface area contributed by atoms with Crippen molar-refractivity contribution in [2.24, 2.45) is 22.7 Å². The normalized spacial score (nSPS) is 45.1. The second-order valence-electron chi connectivity index (χ2n) is 8.03. The molecule has 0 aromatic rings. The summed E-state index contributed by atoms with van der Waals surface area (Å²) in [4.78, 5) is 0. The van der Waals surface area contributed by atoms with E-state index in [0.717, 1.165) is 37.7 Å². The maximum Gasteiger partial charge on any atom is 0.0604 e. The van der Waals surface area contributed by atoms with E-state index in [0.29, 0.717) is 6.42 Å². The fourth-order valence-electron chi connectivity index (χ4n) is 5.43. The summed E-state index contributed by atoms with van der Waals surface area (Å²) in [6.07, 6.45) is 5.89. The minimum atomic E-state index is -0.531. The fourth-order valence-corrected chi connectivity index (χ4v) is 5.43. The SMILES string of the molecule is C=CC(=C)CCC1C(O)CC(O)C2C(C)(CO)CCCC12C. The van der Waals surface area contributed by atoms with Crippen molar-refractivity contribution in [2.75, 3.05) is 6.61 Å². The molecule has 2 saturated carbocycles. The van der Waals surface area contributed by atoms with Gasteiger partial charge in [-0.15, -0.1) is 0 Å². The molecule has 0 aliphatic heterocycles. The Bertz CT molecular complexity index is 432. The Balaban J connectivity index is 2.29. The first-order valence-corrected chi connectivity index (χ1v) is 8.55. The molecule has 0 spiro atoms. The molecule has 2 aliphatic rings. The van der Waals surface area contributed by atoms with Crippen molar-refractivity contribution in [3.05, 3.63) is 24.8 Å². The Morgan fingerprint density at radius 2 is 1.91 bits per heavy atom. The number of fused-ring (bicyclic) bond motifs is 1. The first kappa shape index (κ1) is 17.7. The Labute approximate surface area is 134 Å². The summed E-state index contributed by atoms with van der Waals surface area (Å²) in [6.45, 7) is 12.1. The van der Waals surface area contributed by atoms with Crippen molar-refractivity contribution < 1.29 is 15.3 Å². The van der Waals surface area contributed by atoms with E-state index in [-0.39, 0.29) is 29.3 Å². The van der Waals surface area contributed by atoms with E-state index in [4.69, 9.17) is 0 Å².